The molecule has 2 saturated heterocycles. The van der Waals surface area contributed by atoms with Gasteiger partial charge in [-0.15, -0.1) is 5.10 Å². The number of nitrogens with one attached hydrogen (secondary N) is 3. The minimum absolute atomic E-state index is 0.00188. The molecule has 3 aliphatic heterocycles. The second-order valence-corrected chi connectivity index (χ2v) is 13.1. The fourth-order valence-electron chi connectivity index (χ4n) is 6.66. The van der Waals surface area contributed by atoms with Crippen molar-refractivity contribution in [3.05, 3.63) is 77.0 Å². The van der Waals surface area contributed by atoms with Crippen LogP contribution in [0.3, 0.4) is 0 Å². The molecule has 1 aromatic carbocycles. The number of fused-ring (bicyclic) bond motifs is 2. The van der Waals surface area contributed by atoms with Crippen LogP contribution in [0.25, 0.3) is 17.1 Å². The molecule has 3 N–H and O–H groups in total. The first-order valence-electron chi connectivity index (χ1n) is 18.2. The minimum Gasteiger partial charge on any atom is -0.377 e. The van der Waals surface area contributed by atoms with Crippen molar-refractivity contribution in [2.75, 3.05) is 51.5 Å². The van der Waals surface area contributed by atoms with E-state index in [0.29, 0.717) is 43.1 Å². The minimum atomic E-state index is -1.12. The monoisotopic (exact) mass is 782 g/mol. The average molecular weight is 783 g/mol. The summed E-state index contributed by atoms with van der Waals surface area (Å²) in [6, 6.07) is 6.59. The van der Waals surface area contributed by atoms with Gasteiger partial charge in [0.2, 0.25) is 17.7 Å². The lowest BCUT2D eigenvalue weighted by Gasteiger charge is -2.27. The first kappa shape index (κ1) is 38.6. The number of carbonyl (C=O) groups excluding carboxylic acids is 7. The van der Waals surface area contributed by atoms with E-state index < -0.39 is 41.6 Å². The van der Waals surface area contributed by atoms with Crippen molar-refractivity contribution in [1.29, 1.82) is 0 Å². The van der Waals surface area contributed by atoms with Crippen molar-refractivity contribution in [2.24, 2.45) is 0 Å². The quantitative estimate of drug-likeness (QED) is 0.0579. The number of imide groups is 3. The van der Waals surface area contributed by atoms with Crippen LogP contribution in [0.1, 0.15) is 51.7 Å². The summed E-state index contributed by atoms with van der Waals surface area (Å²) in [5.74, 6) is -3.53. The van der Waals surface area contributed by atoms with Crippen molar-refractivity contribution >= 4 is 64.3 Å². The molecule has 0 radical (unpaired) electrons. The maximum atomic E-state index is 13.2. The van der Waals surface area contributed by atoms with Crippen LogP contribution in [0.2, 0.25) is 0 Å². The Morgan fingerprint density at radius 2 is 1.72 bits per heavy atom. The van der Waals surface area contributed by atoms with Gasteiger partial charge in [-0.2, -0.15) is 0 Å². The fraction of sp³-hybridized carbons (Fsp3) is 0.351. The molecule has 8 amide bonds. The average Bonchev–Trinajstić information content (AvgIpc) is 3.92. The first-order valence-corrected chi connectivity index (χ1v) is 18.2. The molecule has 20 nitrogen and oxygen atoms in total. The van der Waals surface area contributed by atoms with E-state index in [4.69, 9.17) is 14.2 Å². The van der Waals surface area contributed by atoms with Crippen LogP contribution in [-0.4, -0.2) is 128 Å². The zero-order valence-electron chi connectivity index (χ0n) is 30.8. The maximum Gasteiger partial charge on any atom is 0.328 e. The van der Waals surface area contributed by atoms with Crippen molar-refractivity contribution in [3.63, 3.8) is 0 Å². The molecular weight excluding hydrogens is 744 g/mol. The van der Waals surface area contributed by atoms with Gasteiger partial charge in [-0.1, -0.05) is 11.3 Å². The van der Waals surface area contributed by atoms with Crippen LogP contribution in [-0.2, 0) is 46.5 Å². The third-order valence-electron chi connectivity index (χ3n) is 9.35. The lowest BCUT2D eigenvalue weighted by atomic mass is 10.0. The summed E-state index contributed by atoms with van der Waals surface area (Å²) in [7, 11) is 0. The molecule has 57 heavy (non-hydrogen) atoms. The molecule has 1 atom stereocenters. The van der Waals surface area contributed by atoms with Gasteiger partial charge in [0, 0.05) is 30.9 Å². The summed E-state index contributed by atoms with van der Waals surface area (Å²) in [6.07, 6.45) is 6.97. The van der Waals surface area contributed by atoms with Crippen LogP contribution in [0, 0.1) is 0 Å². The Balaban J connectivity index is 0.792. The number of urea groups is 1. The van der Waals surface area contributed by atoms with Crippen LogP contribution in [0.4, 0.5) is 10.5 Å². The molecule has 1 unspecified atom stereocenters. The molecule has 4 aromatic rings. The summed E-state index contributed by atoms with van der Waals surface area (Å²) in [5, 5.41) is 15.8. The highest BCUT2D eigenvalue weighted by Gasteiger charge is 2.45. The zero-order valence-corrected chi connectivity index (χ0v) is 30.8. The Bertz CT molecular complexity index is 2300. The molecule has 3 aliphatic rings. The molecule has 0 aliphatic carbocycles. The Labute approximate surface area is 324 Å². The second kappa shape index (κ2) is 17.0. The molecule has 6 heterocycles. The Morgan fingerprint density at radius 1 is 0.930 bits per heavy atom. The van der Waals surface area contributed by atoms with E-state index in [9.17, 15) is 33.6 Å². The number of carbonyl (C=O) groups is 7. The number of piperidine rings is 1. The van der Waals surface area contributed by atoms with Crippen LogP contribution in [0.15, 0.2) is 54.6 Å². The topological polar surface area (TPSA) is 238 Å². The van der Waals surface area contributed by atoms with E-state index in [2.05, 4.69) is 31.2 Å². The Hall–Kier alpha value is -6.64. The third-order valence-corrected chi connectivity index (χ3v) is 9.35. The molecule has 2 fully saturated rings. The predicted octanol–water partition coefficient (Wildman–Crippen LogP) is 0.678. The normalized spacial score (nSPS) is 17.6. The maximum absolute atomic E-state index is 13.2. The number of likely N-dealkylation sites (N-methyl/N-ethyl adjacent to an activating group) is 1. The Kier molecular flexibility index (Phi) is 11.5. The van der Waals surface area contributed by atoms with Gasteiger partial charge < -0.3 is 29.4 Å². The number of aromatic nitrogens is 5. The van der Waals surface area contributed by atoms with Gasteiger partial charge in [0.15, 0.2) is 0 Å². The number of amides is 8. The van der Waals surface area contributed by atoms with Gasteiger partial charge in [0.1, 0.15) is 24.0 Å². The van der Waals surface area contributed by atoms with Crippen molar-refractivity contribution in [3.8, 4) is 0 Å². The standard InChI is InChI=1S/C37H38N10O10/c1-2-46-35(52)26(40-37(46)54)17-22-18-44(27-7-4-10-38-32(22)27)19-23-20-45(43-42-23)11-12-55-13-14-56-15-16-57-21-30(49)39-25-6-3-5-24-31(25)36(53)47(34(24)51)28-8-9-29(48)41-33(28)50/h3-7,10,17-18,20,28H,2,8-9,11-16,19,21H2,1H3,(H,39,49)(H,40,54)(H,41,48,50)/b26-17-. The summed E-state index contributed by atoms with van der Waals surface area (Å²) in [6.45, 7) is 3.77. The molecule has 20 heteroatoms. The van der Waals surface area contributed by atoms with Gasteiger partial charge >= 0.3 is 6.03 Å². The molecular formula is C37H38N10O10. The summed E-state index contributed by atoms with van der Waals surface area (Å²) in [5.41, 5.74) is 3.20. The number of nitrogens with zero attached hydrogens (tertiary/aromatic N) is 7. The number of rotatable bonds is 17. The number of hydrogen-bond acceptors (Lipinski definition) is 13. The first-order chi connectivity index (χ1) is 27.6. The second-order valence-electron chi connectivity index (χ2n) is 13.1. The molecule has 0 bridgehead atoms. The number of hydrogen-bond donors (Lipinski definition) is 3. The van der Waals surface area contributed by atoms with Crippen molar-refractivity contribution in [2.45, 2.75) is 38.9 Å². The molecule has 7 rings (SSSR count). The van der Waals surface area contributed by atoms with Gasteiger partial charge in [0.05, 0.1) is 80.2 Å². The van der Waals surface area contributed by atoms with E-state index in [-0.39, 0.29) is 74.2 Å². The summed E-state index contributed by atoms with van der Waals surface area (Å²) in [4.78, 5) is 93.8. The van der Waals surface area contributed by atoms with Crippen molar-refractivity contribution < 1.29 is 47.8 Å². The summed E-state index contributed by atoms with van der Waals surface area (Å²) < 4.78 is 20.2. The molecule has 0 saturated carbocycles. The molecule has 296 valence electrons. The third kappa shape index (κ3) is 8.32. The van der Waals surface area contributed by atoms with Gasteiger partial charge in [-0.05, 0) is 43.7 Å². The number of pyridine rings is 1. The highest BCUT2D eigenvalue weighted by atomic mass is 16.5. The lowest BCUT2D eigenvalue weighted by molar-refractivity contribution is -0.136. The Morgan fingerprint density at radius 3 is 2.49 bits per heavy atom. The number of anilines is 1. The largest absolute Gasteiger partial charge is 0.377 e. The van der Waals surface area contributed by atoms with Gasteiger partial charge in [0.25, 0.3) is 17.7 Å². The molecule has 3 aromatic heterocycles. The predicted molar refractivity (Wildman–Crippen MR) is 197 cm³/mol. The zero-order chi connectivity index (χ0) is 40.1. The number of ether oxygens (including phenoxy) is 3. The highest BCUT2D eigenvalue weighted by molar-refractivity contribution is 6.26. The summed E-state index contributed by atoms with van der Waals surface area (Å²) >= 11 is 0. The SMILES string of the molecule is CCN1C(=O)N/C(=C\c2cn(Cc3cn(CCOCCOCCOCC(=O)Nc4cccc5c4C(=O)N(C4CCC(=O)NC4=O)C5=O)nn3)c3cccnc23)C1=O. The smallest absolute Gasteiger partial charge is 0.328 e. The van der Waals surface area contributed by atoms with E-state index in [1.54, 1.807) is 23.9 Å². The molecule has 0 spiro atoms. The van der Waals surface area contributed by atoms with Gasteiger partial charge in [-0.3, -0.25) is 48.9 Å². The van der Waals surface area contributed by atoms with Crippen LogP contribution >= 0.6 is 0 Å². The van der Waals surface area contributed by atoms with Crippen LogP contribution in [0.5, 0.6) is 0 Å². The van der Waals surface area contributed by atoms with E-state index in [1.807, 2.05) is 29.1 Å². The fourth-order valence-corrected chi connectivity index (χ4v) is 6.66. The van der Waals surface area contributed by atoms with Gasteiger partial charge in [-0.25, -0.2) is 9.48 Å². The van der Waals surface area contributed by atoms with E-state index in [0.717, 1.165) is 15.3 Å². The van der Waals surface area contributed by atoms with Crippen molar-refractivity contribution in [1.82, 2.24) is 45.0 Å². The number of benzene rings is 1. The van der Waals surface area contributed by atoms with E-state index in [1.165, 1.54) is 18.2 Å². The highest BCUT2D eigenvalue weighted by Crippen LogP contribution is 2.32. The lowest BCUT2D eigenvalue weighted by Crippen LogP contribution is -2.54. The van der Waals surface area contributed by atoms with E-state index >= 15 is 0 Å². The van der Waals surface area contributed by atoms with Crippen LogP contribution < -0.4 is 16.0 Å².